The summed E-state index contributed by atoms with van der Waals surface area (Å²) in [6.07, 6.45) is 0. The lowest BCUT2D eigenvalue weighted by Gasteiger charge is -2.25. The van der Waals surface area contributed by atoms with Gasteiger partial charge < -0.3 is 0 Å². The van der Waals surface area contributed by atoms with Gasteiger partial charge in [0.2, 0.25) is 0 Å². The van der Waals surface area contributed by atoms with Crippen molar-refractivity contribution in [3.8, 4) is 6.07 Å². The molecule has 0 saturated carbocycles. The van der Waals surface area contributed by atoms with Gasteiger partial charge in [-0.15, -0.1) is 0 Å². The smallest absolute Gasteiger partial charge is 0.0983 e. The number of hydrogen-bond donors (Lipinski definition) is 1. The van der Waals surface area contributed by atoms with E-state index in [1.807, 2.05) is 36.4 Å². The van der Waals surface area contributed by atoms with E-state index in [-0.39, 0.29) is 18.0 Å². The van der Waals surface area contributed by atoms with Gasteiger partial charge in [-0.1, -0.05) is 74.5 Å². The van der Waals surface area contributed by atoms with Gasteiger partial charge in [-0.25, -0.2) is 0 Å². The first-order valence-corrected chi connectivity index (χ1v) is 6.98. The maximum absolute atomic E-state index is 9.33. The molecule has 2 rings (SSSR count). The van der Waals surface area contributed by atoms with E-state index < -0.39 is 0 Å². The molecule has 0 radical (unpaired) electrons. The fourth-order valence-electron chi connectivity index (χ4n) is 2.23. The van der Waals surface area contributed by atoms with Crippen LogP contribution in [0.15, 0.2) is 60.7 Å². The summed E-state index contributed by atoms with van der Waals surface area (Å²) in [6.45, 7) is 4.13. The second-order valence-electron chi connectivity index (χ2n) is 5.27. The van der Waals surface area contributed by atoms with E-state index in [0.29, 0.717) is 0 Å². The van der Waals surface area contributed by atoms with Crippen LogP contribution < -0.4 is 5.32 Å². The Morgan fingerprint density at radius 3 is 1.65 bits per heavy atom. The van der Waals surface area contributed by atoms with E-state index in [1.54, 1.807) is 0 Å². The van der Waals surface area contributed by atoms with Gasteiger partial charge in [-0.05, 0) is 17.0 Å². The van der Waals surface area contributed by atoms with Gasteiger partial charge >= 0.3 is 0 Å². The first-order chi connectivity index (χ1) is 9.72. The molecule has 1 N–H and O–H groups in total. The second-order valence-corrected chi connectivity index (χ2v) is 5.27. The molecule has 0 heterocycles. The SMILES string of the molecule is CC(C)[C@@H](C#N)NC(c1ccccc1)c1ccccc1. The Bertz CT molecular complexity index is 515. The van der Waals surface area contributed by atoms with Crippen molar-refractivity contribution in [3.05, 3.63) is 71.8 Å². The molecule has 0 aromatic heterocycles. The maximum Gasteiger partial charge on any atom is 0.0983 e. The van der Waals surface area contributed by atoms with Crippen LogP contribution in [0.3, 0.4) is 0 Å². The summed E-state index contributed by atoms with van der Waals surface area (Å²) in [6, 6.07) is 22.8. The molecular weight excluding hydrogens is 244 g/mol. The topological polar surface area (TPSA) is 35.8 Å². The van der Waals surface area contributed by atoms with Crippen molar-refractivity contribution in [2.75, 3.05) is 0 Å². The number of nitrogens with one attached hydrogen (secondary N) is 1. The summed E-state index contributed by atoms with van der Waals surface area (Å²) in [5, 5.41) is 12.8. The highest BCUT2D eigenvalue weighted by Crippen LogP contribution is 2.23. The number of hydrogen-bond acceptors (Lipinski definition) is 2. The van der Waals surface area contributed by atoms with Crippen LogP contribution >= 0.6 is 0 Å². The van der Waals surface area contributed by atoms with E-state index in [1.165, 1.54) is 11.1 Å². The Hall–Kier alpha value is -2.11. The maximum atomic E-state index is 9.33. The van der Waals surface area contributed by atoms with Crippen molar-refractivity contribution in [1.29, 1.82) is 5.26 Å². The normalized spacial score (nSPS) is 12.3. The van der Waals surface area contributed by atoms with Crippen LogP contribution in [0.25, 0.3) is 0 Å². The van der Waals surface area contributed by atoms with E-state index in [4.69, 9.17) is 0 Å². The fraction of sp³-hybridized carbons (Fsp3) is 0.278. The molecule has 2 nitrogen and oxygen atoms in total. The molecule has 0 bridgehead atoms. The van der Waals surface area contributed by atoms with Crippen molar-refractivity contribution in [2.45, 2.75) is 25.9 Å². The minimum Gasteiger partial charge on any atom is -0.291 e. The van der Waals surface area contributed by atoms with E-state index >= 15 is 0 Å². The monoisotopic (exact) mass is 264 g/mol. The van der Waals surface area contributed by atoms with E-state index in [0.717, 1.165) is 0 Å². The lowest BCUT2D eigenvalue weighted by molar-refractivity contribution is 0.441. The molecule has 2 heteroatoms. The molecule has 0 fully saturated rings. The van der Waals surface area contributed by atoms with Crippen molar-refractivity contribution < 1.29 is 0 Å². The van der Waals surface area contributed by atoms with Gasteiger partial charge in [0.05, 0.1) is 18.2 Å². The number of benzene rings is 2. The first-order valence-electron chi connectivity index (χ1n) is 6.98. The predicted molar refractivity (Wildman–Crippen MR) is 82.1 cm³/mol. The van der Waals surface area contributed by atoms with Crippen molar-refractivity contribution in [2.24, 2.45) is 5.92 Å². The van der Waals surface area contributed by atoms with Gasteiger partial charge in [0, 0.05) is 0 Å². The summed E-state index contributed by atoms with van der Waals surface area (Å²) in [4.78, 5) is 0. The number of rotatable bonds is 5. The predicted octanol–water partition coefficient (Wildman–Crippen LogP) is 3.91. The Balaban J connectivity index is 2.33. The second kappa shape index (κ2) is 6.88. The van der Waals surface area contributed by atoms with Gasteiger partial charge in [-0.3, -0.25) is 5.32 Å². The van der Waals surface area contributed by atoms with Crippen molar-refractivity contribution >= 4 is 0 Å². The van der Waals surface area contributed by atoms with Gasteiger partial charge in [0.15, 0.2) is 0 Å². The summed E-state index contributed by atoms with van der Waals surface area (Å²) < 4.78 is 0. The molecule has 20 heavy (non-hydrogen) atoms. The quantitative estimate of drug-likeness (QED) is 0.888. The Morgan fingerprint density at radius 1 is 0.850 bits per heavy atom. The molecule has 2 aromatic carbocycles. The Kier molecular flexibility index (Phi) is 4.92. The minimum atomic E-state index is -0.166. The third-order valence-corrected chi connectivity index (χ3v) is 3.42. The molecule has 2 aromatic rings. The number of nitriles is 1. The lowest BCUT2D eigenvalue weighted by atomic mass is 9.96. The summed E-state index contributed by atoms with van der Waals surface area (Å²) >= 11 is 0. The summed E-state index contributed by atoms with van der Waals surface area (Å²) in [5.41, 5.74) is 2.36. The van der Waals surface area contributed by atoms with Crippen molar-refractivity contribution in [1.82, 2.24) is 5.32 Å². The fourth-order valence-corrected chi connectivity index (χ4v) is 2.23. The zero-order valence-corrected chi connectivity index (χ0v) is 12.0. The minimum absolute atomic E-state index is 0.0458. The molecule has 0 aliphatic carbocycles. The molecule has 1 atom stereocenters. The molecule has 0 amide bonds. The molecule has 102 valence electrons. The summed E-state index contributed by atoms with van der Waals surface area (Å²) in [7, 11) is 0. The van der Waals surface area contributed by atoms with Gasteiger partial charge in [0.1, 0.15) is 0 Å². The van der Waals surface area contributed by atoms with Crippen molar-refractivity contribution in [3.63, 3.8) is 0 Å². The summed E-state index contributed by atoms with van der Waals surface area (Å²) in [5.74, 6) is 0.273. The van der Waals surface area contributed by atoms with Crippen LogP contribution in [0.5, 0.6) is 0 Å². The molecule has 0 saturated heterocycles. The zero-order valence-electron chi connectivity index (χ0n) is 12.0. The van der Waals surface area contributed by atoms with Crippen LogP contribution in [0, 0.1) is 17.2 Å². The molecular formula is C18H20N2. The molecule has 0 spiro atoms. The number of nitrogens with zero attached hydrogens (tertiary/aromatic N) is 1. The van der Waals surface area contributed by atoms with E-state index in [2.05, 4.69) is 49.5 Å². The lowest BCUT2D eigenvalue weighted by Crippen LogP contribution is -2.36. The Morgan fingerprint density at radius 2 is 1.30 bits per heavy atom. The largest absolute Gasteiger partial charge is 0.291 e. The van der Waals surface area contributed by atoms with Crippen LogP contribution in [-0.2, 0) is 0 Å². The molecule has 0 unspecified atom stereocenters. The van der Waals surface area contributed by atoms with E-state index in [9.17, 15) is 5.26 Å². The third kappa shape index (κ3) is 3.46. The van der Waals surface area contributed by atoms with Crippen LogP contribution in [0.2, 0.25) is 0 Å². The van der Waals surface area contributed by atoms with Crippen LogP contribution in [0.1, 0.15) is 31.0 Å². The van der Waals surface area contributed by atoms with Gasteiger partial charge in [0.25, 0.3) is 0 Å². The van der Waals surface area contributed by atoms with Crippen LogP contribution in [0.4, 0.5) is 0 Å². The van der Waals surface area contributed by atoms with Gasteiger partial charge in [-0.2, -0.15) is 5.26 Å². The highest BCUT2D eigenvalue weighted by atomic mass is 15.0. The average Bonchev–Trinajstić information content (AvgIpc) is 2.50. The Labute approximate surface area is 121 Å². The average molecular weight is 264 g/mol. The first kappa shape index (κ1) is 14.3. The third-order valence-electron chi connectivity index (χ3n) is 3.42. The zero-order chi connectivity index (χ0) is 14.4. The highest BCUT2D eigenvalue weighted by Gasteiger charge is 2.20. The molecule has 0 aliphatic heterocycles. The standard InChI is InChI=1S/C18H20N2/c1-14(2)17(13-19)20-18(15-9-5-3-6-10-15)16-11-7-4-8-12-16/h3-12,14,17-18,20H,1-2H3/t17-/m1/s1. The highest BCUT2D eigenvalue weighted by molar-refractivity contribution is 5.32. The van der Waals surface area contributed by atoms with Crippen LogP contribution in [-0.4, -0.2) is 6.04 Å². The molecule has 0 aliphatic rings.